The molecule has 0 unspecified atom stereocenters. The number of aromatic hydroxyl groups is 1. The van der Waals surface area contributed by atoms with E-state index in [1.807, 2.05) is 41.3 Å². The van der Waals surface area contributed by atoms with Crippen LogP contribution >= 0.6 is 0 Å². The first-order valence-corrected chi connectivity index (χ1v) is 10.3. The number of carbonyl (C=O) groups is 2. The average molecular weight is 393 g/mol. The molecule has 0 bridgehead atoms. The van der Waals surface area contributed by atoms with Crippen LogP contribution in [0.15, 0.2) is 48.5 Å². The largest absolute Gasteiger partial charge is 0.508 e. The minimum Gasteiger partial charge on any atom is -0.508 e. The predicted octanol–water partition coefficient (Wildman–Crippen LogP) is 2.77. The topological polar surface area (TPSA) is 64.1 Å². The molecule has 1 amide bonds. The van der Waals surface area contributed by atoms with E-state index in [9.17, 15) is 14.7 Å². The van der Waals surface area contributed by atoms with Crippen LogP contribution in [0.5, 0.6) is 5.75 Å². The van der Waals surface area contributed by atoms with Gasteiger partial charge in [-0.1, -0.05) is 0 Å². The molecule has 2 aromatic carbocycles. The number of amides is 1. The molecule has 0 atom stereocenters. The number of carbonyl (C=O) groups excluding carboxylic acids is 2. The molecule has 2 aliphatic rings. The van der Waals surface area contributed by atoms with Crippen molar-refractivity contribution in [3.8, 4) is 5.75 Å². The number of phenols is 1. The number of aldehydes is 1. The zero-order chi connectivity index (χ0) is 20.2. The summed E-state index contributed by atoms with van der Waals surface area (Å²) in [6.07, 6.45) is 2.59. The van der Waals surface area contributed by atoms with Crippen molar-refractivity contribution in [2.24, 2.45) is 5.92 Å². The Hall–Kier alpha value is -3.02. The van der Waals surface area contributed by atoms with Gasteiger partial charge in [-0.3, -0.25) is 9.59 Å². The number of benzene rings is 2. The average Bonchev–Trinajstić information content (AvgIpc) is 2.79. The van der Waals surface area contributed by atoms with Crippen molar-refractivity contribution in [3.63, 3.8) is 0 Å². The molecule has 0 spiro atoms. The lowest BCUT2D eigenvalue weighted by Crippen LogP contribution is -2.51. The van der Waals surface area contributed by atoms with Crippen molar-refractivity contribution in [1.29, 1.82) is 0 Å². The smallest absolute Gasteiger partial charge is 0.225 e. The van der Waals surface area contributed by atoms with E-state index in [2.05, 4.69) is 9.80 Å². The van der Waals surface area contributed by atoms with E-state index in [4.69, 9.17) is 0 Å². The second kappa shape index (κ2) is 8.55. The van der Waals surface area contributed by atoms with Crippen molar-refractivity contribution in [1.82, 2.24) is 4.90 Å². The Bertz CT molecular complexity index is 835. The molecular weight excluding hydrogens is 366 g/mol. The number of hydrogen-bond acceptors (Lipinski definition) is 5. The number of rotatable bonds is 4. The minimum absolute atomic E-state index is 0.0979. The molecule has 6 nitrogen and oxygen atoms in total. The molecule has 0 aliphatic carbocycles. The molecule has 2 aliphatic heterocycles. The summed E-state index contributed by atoms with van der Waals surface area (Å²) >= 11 is 0. The Labute approximate surface area is 171 Å². The molecule has 4 rings (SSSR count). The standard InChI is InChI=1S/C23H27N3O3/c27-17-18-1-3-20(4-2-18)24-11-9-19(10-12-24)23(29)26-15-13-25(14-16-26)21-5-7-22(28)8-6-21/h1-8,17,19,28H,9-16H2. The lowest BCUT2D eigenvalue weighted by molar-refractivity contribution is -0.136. The van der Waals surface area contributed by atoms with Gasteiger partial charge in [0.2, 0.25) is 5.91 Å². The lowest BCUT2D eigenvalue weighted by Gasteiger charge is -2.39. The highest BCUT2D eigenvalue weighted by molar-refractivity contribution is 5.80. The summed E-state index contributed by atoms with van der Waals surface area (Å²) in [5.41, 5.74) is 2.89. The van der Waals surface area contributed by atoms with Gasteiger partial charge in [-0.2, -0.15) is 0 Å². The van der Waals surface area contributed by atoms with Gasteiger partial charge in [-0.05, 0) is 61.4 Å². The molecule has 2 aromatic rings. The van der Waals surface area contributed by atoms with Gasteiger partial charge in [-0.15, -0.1) is 0 Å². The first-order valence-electron chi connectivity index (χ1n) is 10.3. The second-order valence-electron chi connectivity index (χ2n) is 7.80. The zero-order valence-corrected chi connectivity index (χ0v) is 16.5. The van der Waals surface area contributed by atoms with Crippen molar-refractivity contribution in [3.05, 3.63) is 54.1 Å². The Morgan fingerprint density at radius 1 is 0.793 bits per heavy atom. The fourth-order valence-electron chi connectivity index (χ4n) is 4.26. The molecular formula is C23H27N3O3. The van der Waals surface area contributed by atoms with E-state index in [0.29, 0.717) is 5.56 Å². The van der Waals surface area contributed by atoms with Crippen molar-refractivity contribution < 1.29 is 14.7 Å². The molecule has 0 radical (unpaired) electrons. The van der Waals surface area contributed by atoms with Crippen molar-refractivity contribution >= 4 is 23.6 Å². The van der Waals surface area contributed by atoms with Gasteiger partial charge in [-0.25, -0.2) is 0 Å². The SMILES string of the molecule is O=Cc1ccc(N2CCC(C(=O)N3CCN(c4ccc(O)cc4)CC3)CC2)cc1. The van der Waals surface area contributed by atoms with Gasteiger partial charge < -0.3 is 19.8 Å². The Morgan fingerprint density at radius 3 is 1.86 bits per heavy atom. The van der Waals surface area contributed by atoms with E-state index < -0.39 is 0 Å². The van der Waals surface area contributed by atoms with Crippen molar-refractivity contribution in [2.45, 2.75) is 12.8 Å². The molecule has 6 heteroatoms. The van der Waals surface area contributed by atoms with Gasteiger partial charge in [0.05, 0.1) is 0 Å². The monoisotopic (exact) mass is 393 g/mol. The van der Waals surface area contributed by atoms with Gasteiger partial charge in [0, 0.05) is 62.1 Å². The number of phenolic OH excluding ortho intramolecular Hbond substituents is 1. The van der Waals surface area contributed by atoms with Gasteiger partial charge in [0.25, 0.3) is 0 Å². The van der Waals surface area contributed by atoms with Gasteiger partial charge in [0.15, 0.2) is 0 Å². The van der Waals surface area contributed by atoms with Crippen LogP contribution in [0.1, 0.15) is 23.2 Å². The summed E-state index contributed by atoms with van der Waals surface area (Å²) in [5.74, 6) is 0.653. The Balaban J connectivity index is 1.27. The van der Waals surface area contributed by atoms with Crippen LogP contribution in [0.4, 0.5) is 11.4 Å². The highest BCUT2D eigenvalue weighted by Crippen LogP contribution is 2.26. The number of hydrogen-bond donors (Lipinski definition) is 1. The maximum Gasteiger partial charge on any atom is 0.225 e. The van der Waals surface area contributed by atoms with E-state index in [1.54, 1.807) is 12.1 Å². The first-order chi connectivity index (χ1) is 14.1. The summed E-state index contributed by atoms with van der Waals surface area (Å²) in [5, 5.41) is 9.44. The van der Waals surface area contributed by atoms with Crippen LogP contribution in [0, 0.1) is 5.92 Å². The molecule has 29 heavy (non-hydrogen) atoms. The Kier molecular flexibility index (Phi) is 5.69. The number of piperazine rings is 1. The molecule has 0 aromatic heterocycles. The van der Waals surface area contributed by atoms with E-state index in [-0.39, 0.29) is 17.6 Å². The second-order valence-corrected chi connectivity index (χ2v) is 7.80. The predicted molar refractivity (Wildman–Crippen MR) is 114 cm³/mol. The van der Waals surface area contributed by atoms with Crippen LogP contribution in [0.3, 0.4) is 0 Å². The van der Waals surface area contributed by atoms with Crippen LogP contribution < -0.4 is 9.80 Å². The fourth-order valence-corrected chi connectivity index (χ4v) is 4.26. The van der Waals surface area contributed by atoms with Crippen LogP contribution in [0.2, 0.25) is 0 Å². The van der Waals surface area contributed by atoms with Crippen LogP contribution in [-0.4, -0.2) is 61.5 Å². The minimum atomic E-state index is 0.0979. The van der Waals surface area contributed by atoms with E-state index in [1.165, 1.54) is 0 Å². The molecule has 0 saturated carbocycles. The molecule has 1 N–H and O–H groups in total. The molecule has 152 valence electrons. The highest BCUT2D eigenvalue weighted by atomic mass is 16.3. The highest BCUT2D eigenvalue weighted by Gasteiger charge is 2.30. The lowest BCUT2D eigenvalue weighted by atomic mass is 9.94. The third kappa shape index (κ3) is 4.36. The summed E-state index contributed by atoms with van der Waals surface area (Å²) in [6, 6.07) is 14.9. The number of anilines is 2. The van der Waals surface area contributed by atoms with Crippen LogP contribution in [-0.2, 0) is 4.79 Å². The fraction of sp³-hybridized carbons (Fsp3) is 0.391. The molecule has 2 heterocycles. The maximum atomic E-state index is 13.0. The summed E-state index contributed by atoms with van der Waals surface area (Å²) < 4.78 is 0. The third-order valence-electron chi connectivity index (χ3n) is 6.04. The number of nitrogens with zero attached hydrogens (tertiary/aromatic N) is 3. The normalized spacial score (nSPS) is 18.0. The maximum absolute atomic E-state index is 13.0. The summed E-state index contributed by atoms with van der Waals surface area (Å²) in [7, 11) is 0. The van der Waals surface area contributed by atoms with Gasteiger partial charge in [0.1, 0.15) is 12.0 Å². The number of piperidine rings is 1. The first kappa shape index (κ1) is 19.3. The van der Waals surface area contributed by atoms with Gasteiger partial charge >= 0.3 is 0 Å². The molecule has 2 saturated heterocycles. The Morgan fingerprint density at radius 2 is 1.31 bits per heavy atom. The summed E-state index contributed by atoms with van der Waals surface area (Å²) in [6.45, 7) is 4.85. The third-order valence-corrected chi connectivity index (χ3v) is 6.04. The molecule has 2 fully saturated rings. The van der Waals surface area contributed by atoms with E-state index >= 15 is 0 Å². The van der Waals surface area contributed by atoms with Crippen LogP contribution in [0.25, 0.3) is 0 Å². The summed E-state index contributed by atoms with van der Waals surface area (Å²) in [4.78, 5) is 30.4. The quantitative estimate of drug-likeness (QED) is 0.810. The van der Waals surface area contributed by atoms with E-state index in [0.717, 1.165) is 69.8 Å². The zero-order valence-electron chi connectivity index (χ0n) is 16.5. The van der Waals surface area contributed by atoms with Crippen molar-refractivity contribution in [2.75, 3.05) is 49.1 Å².